The van der Waals surface area contributed by atoms with Crippen molar-refractivity contribution in [1.82, 2.24) is 4.90 Å². The maximum absolute atomic E-state index is 11.4. The molecule has 0 saturated heterocycles. The molecule has 1 aliphatic heterocycles. The molecule has 0 saturated carbocycles. The Balaban J connectivity index is 1.88. The van der Waals surface area contributed by atoms with Gasteiger partial charge in [-0.1, -0.05) is 54.6 Å². The van der Waals surface area contributed by atoms with E-state index >= 15 is 0 Å². The molecule has 1 atom stereocenters. The topological polar surface area (TPSA) is 37.4 Å². The van der Waals surface area contributed by atoms with Gasteiger partial charge in [0.1, 0.15) is 9.84 Å². The van der Waals surface area contributed by atoms with Crippen molar-refractivity contribution in [2.45, 2.75) is 12.5 Å². The normalized spacial score (nSPS) is 18.9. The van der Waals surface area contributed by atoms with Crippen molar-refractivity contribution in [3.8, 4) is 0 Å². The number of rotatable bonds is 4. The van der Waals surface area contributed by atoms with Gasteiger partial charge in [-0.3, -0.25) is 4.90 Å². The second-order valence-electron chi connectivity index (χ2n) is 6.03. The number of hydrogen-bond acceptors (Lipinski definition) is 3. The molecule has 0 N–H and O–H groups in total. The van der Waals surface area contributed by atoms with Gasteiger partial charge in [0, 0.05) is 31.8 Å². The summed E-state index contributed by atoms with van der Waals surface area (Å²) in [6.07, 6.45) is 1.31. The minimum atomic E-state index is -2.92. The summed E-state index contributed by atoms with van der Waals surface area (Å²) < 4.78 is 22.9. The Bertz CT molecular complexity index is 741. The van der Waals surface area contributed by atoms with E-state index in [9.17, 15) is 8.42 Å². The molecule has 4 heteroatoms. The SMILES string of the molecule is CS(=O)(=O)CCN1Cc2ccccc2[C@H](c2ccccc2)C1. The van der Waals surface area contributed by atoms with Crippen LogP contribution in [0, 0.1) is 0 Å². The lowest BCUT2D eigenvalue weighted by Gasteiger charge is -2.35. The Morgan fingerprint density at radius 2 is 1.73 bits per heavy atom. The van der Waals surface area contributed by atoms with Crippen LogP contribution in [0.1, 0.15) is 22.6 Å². The number of fused-ring (bicyclic) bond motifs is 1. The van der Waals surface area contributed by atoms with Gasteiger partial charge in [0.15, 0.2) is 0 Å². The van der Waals surface area contributed by atoms with Gasteiger partial charge in [-0.2, -0.15) is 0 Å². The van der Waals surface area contributed by atoms with Gasteiger partial charge in [-0.25, -0.2) is 8.42 Å². The van der Waals surface area contributed by atoms with Crippen molar-refractivity contribution in [2.24, 2.45) is 0 Å². The van der Waals surface area contributed by atoms with Gasteiger partial charge >= 0.3 is 0 Å². The summed E-state index contributed by atoms with van der Waals surface area (Å²) in [5, 5.41) is 0. The summed E-state index contributed by atoms with van der Waals surface area (Å²) in [6, 6.07) is 18.9. The number of nitrogens with zero attached hydrogens (tertiary/aromatic N) is 1. The molecule has 0 bridgehead atoms. The van der Waals surface area contributed by atoms with Gasteiger partial charge < -0.3 is 0 Å². The van der Waals surface area contributed by atoms with Crippen LogP contribution in [0.3, 0.4) is 0 Å². The Kier molecular flexibility index (Phi) is 4.32. The summed E-state index contributed by atoms with van der Waals surface area (Å²) in [4.78, 5) is 2.25. The average molecular weight is 315 g/mol. The molecule has 2 aromatic carbocycles. The van der Waals surface area contributed by atoms with E-state index in [0.29, 0.717) is 12.5 Å². The van der Waals surface area contributed by atoms with Crippen LogP contribution in [-0.4, -0.2) is 38.4 Å². The zero-order valence-electron chi connectivity index (χ0n) is 12.8. The fourth-order valence-electron chi connectivity index (χ4n) is 3.12. The van der Waals surface area contributed by atoms with Crippen LogP contribution in [0.25, 0.3) is 0 Å². The highest BCUT2D eigenvalue weighted by Gasteiger charge is 2.26. The van der Waals surface area contributed by atoms with Crippen molar-refractivity contribution in [2.75, 3.05) is 25.1 Å². The van der Waals surface area contributed by atoms with E-state index in [1.54, 1.807) is 0 Å². The maximum atomic E-state index is 11.4. The van der Waals surface area contributed by atoms with Crippen molar-refractivity contribution in [3.63, 3.8) is 0 Å². The summed E-state index contributed by atoms with van der Waals surface area (Å²) in [5.41, 5.74) is 3.96. The first kappa shape index (κ1) is 15.3. The quantitative estimate of drug-likeness (QED) is 0.870. The molecule has 0 radical (unpaired) electrons. The van der Waals surface area contributed by atoms with Crippen molar-refractivity contribution in [3.05, 3.63) is 71.3 Å². The van der Waals surface area contributed by atoms with Crippen molar-refractivity contribution >= 4 is 9.84 Å². The molecule has 0 spiro atoms. The summed E-state index contributed by atoms with van der Waals surface area (Å²) in [6.45, 7) is 2.29. The second-order valence-corrected chi connectivity index (χ2v) is 8.29. The lowest BCUT2D eigenvalue weighted by molar-refractivity contribution is 0.254. The zero-order chi connectivity index (χ0) is 15.6. The van der Waals surface area contributed by atoms with Crippen molar-refractivity contribution < 1.29 is 8.42 Å². The molecule has 3 nitrogen and oxygen atoms in total. The molecule has 2 aromatic rings. The summed E-state index contributed by atoms with van der Waals surface area (Å²) in [5.74, 6) is 0.530. The predicted octanol–water partition coefficient (Wildman–Crippen LogP) is 2.68. The highest BCUT2D eigenvalue weighted by molar-refractivity contribution is 7.90. The summed E-state index contributed by atoms with van der Waals surface area (Å²) in [7, 11) is -2.92. The first-order chi connectivity index (χ1) is 10.5. The number of hydrogen-bond donors (Lipinski definition) is 0. The zero-order valence-corrected chi connectivity index (χ0v) is 13.6. The molecule has 0 unspecified atom stereocenters. The molecular weight excluding hydrogens is 294 g/mol. The van der Waals surface area contributed by atoms with Gasteiger partial charge in [-0.05, 0) is 16.7 Å². The fourth-order valence-corrected chi connectivity index (χ4v) is 3.71. The smallest absolute Gasteiger partial charge is 0.148 e. The monoisotopic (exact) mass is 315 g/mol. The van der Waals surface area contributed by atoms with E-state index < -0.39 is 9.84 Å². The minimum absolute atomic E-state index is 0.219. The Morgan fingerprint density at radius 1 is 1.05 bits per heavy atom. The first-order valence-corrected chi connectivity index (χ1v) is 9.62. The highest BCUT2D eigenvalue weighted by atomic mass is 32.2. The third-order valence-electron chi connectivity index (χ3n) is 4.25. The molecule has 3 rings (SSSR count). The van der Waals surface area contributed by atoms with E-state index in [1.807, 2.05) is 6.07 Å². The third-order valence-corrected chi connectivity index (χ3v) is 5.17. The standard InChI is InChI=1S/C18H21NO2S/c1-22(20,21)12-11-19-13-16-9-5-6-10-17(16)18(14-19)15-7-3-2-4-8-15/h2-10,18H,11-14H2,1H3/t18-/m0/s1. The minimum Gasteiger partial charge on any atom is -0.297 e. The largest absolute Gasteiger partial charge is 0.297 e. The van der Waals surface area contributed by atoms with E-state index in [0.717, 1.165) is 13.1 Å². The van der Waals surface area contributed by atoms with Crippen LogP contribution in [0.4, 0.5) is 0 Å². The molecule has 1 heterocycles. The van der Waals surface area contributed by atoms with Crippen LogP contribution in [0.15, 0.2) is 54.6 Å². The number of sulfone groups is 1. The Morgan fingerprint density at radius 3 is 2.45 bits per heavy atom. The number of benzene rings is 2. The van der Waals surface area contributed by atoms with E-state index in [4.69, 9.17) is 0 Å². The molecular formula is C18H21NO2S. The molecule has 0 amide bonds. The van der Waals surface area contributed by atoms with Crippen LogP contribution >= 0.6 is 0 Å². The lowest BCUT2D eigenvalue weighted by Crippen LogP contribution is -2.37. The van der Waals surface area contributed by atoms with E-state index in [2.05, 4.69) is 53.4 Å². The van der Waals surface area contributed by atoms with Crippen LogP contribution < -0.4 is 0 Å². The Hall–Kier alpha value is -1.65. The first-order valence-electron chi connectivity index (χ1n) is 7.56. The molecule has 1 aliphatic rings. The highest BCUT2D eigenvalue weighted by Crippen LogP contribution is 2.33. The van der Waals surface area contributed by atoms with E-state index in [-0.39, 0.29) is 5.75 Å². The third kappa shape index (κ3) is 3.57. The second kappa shape index (κ2) is 6.23. The van der Waals surface area contributed by atoms with E-state index in [1.165, 1.54) is 22.9 Å². The van der Waals surface area contributed by atoms with Gasteiger partial charge in [0.2, 0.25) is 0 Å². The average Bonchev–Trinajstić information content (AvgIpc) is 2.52. The van der Waals surface area contributed by atoms with Crippen LogP contribution in [0.5, 0.6) is 0 Å². The summed E-state index contributed by atoms with van der Waals surface area (Å²) >= 11 is 0. The molecule has 0 fully saturated rings. The molecule has 116 valence electrons. The predicted molar refractivity (Wildman–Crippen MR) is 89.7 cm³/mol. The molecule has 0 aliphatic carbocycles. The molecule has 0 aromatic heterocycles. The Labute approximate surface area is 132 Å². The van der Waals surface area contributed by atoms with Crippen LogP contribution in [0.2, 0.25) is 0 Å². The fraction of sp³-hybridized carbons (Fsp3) is 0.333. The van der Waals surface area contributed by atoms with Gasteiger partial charge in [-0.15, -0.1) is 0 Å². The lowest BCUT2D eigenvalue weighted by atomic mass is 9.85. The van der Waals surface area contributed by atoms with Crippen molar-refractivity contribution in [1.29, 1.82) is 0 Å². The van der Waals surface area contributed by atoms with Gasteiger partial charge in [0.05, 0.1) is 5.75 Å². The van der Waals surface area contributed by atoms with Crippen LogP contribution in [-0.2, 0) is 16.4 Å². The molecule has 22 heavy (non-hydrogen) atoms. The maximum Gasteiger partial charge on any atom is 0.148 e. The van der Waals surface area contributed by atoms with Gasteiger partial charge in [0.25, 0.3) is 0 Å².